The average molecular weight is 349 g/mol. The first-order valence-electron chi connectivity index (χ1n) is 7.96. The molecule has 3 aromatic carbocycles. The molecule has 3 aromatic rings. The monoisotopic (exact) mass is 349 g/mol. The number of carboxylic acid groups (broad SMARTS) is 1. The van der Waals surface area contributed by atoms with Gasteiger partial charge in [-0.05, 0) is 35.4 Å². The second-order valence-corrected chi connectivity index (χ2v) is 5.75. The van der Waals surface area contributed by atoms with Crippen molar-refractivity contribution in [3.8, 4) is 0 Å². The predicted molar refractivity (Wildman–Crippen MR) is 95.2 cm³/mol. The summed E-state index contributed by atoms with van der Waals surface area (Å²) in [6, 6.07) is 21.8. The third-order valence-corrected chi connectivity index (χ3v) is 4.14. The smallest absolute Gasteiger partial charge is 0.338 e. The van der Waals surface area contributed by atoms with Crippen LogP contribution in [0.4, 0.5) is 4.39 Å². The van der Waals surface area contributed by atoms with Crippen LogP contribution in [-0.2, 0) is 10.3 Å². The maximum atomic E-state index is 13.4. The number of rotatable bonds is 5. The molecule has 0 spiro atoms. The van der Waals surface area contributed by atoms with Crippen LogP contribution in [0.2, 0.25) is 0 Å². The standard InChI is InChI=1S/C21H16FNO3/c22-18-13-11-17(12-14-18)21(20(25)26,16-9-5-2-6-10-16)23-19(24)15-7-3-1-4-8-15/h1-14H,(H,23,24)(H,25,26). The molecular formula is C21H16FNO3. The summed E-state index contributed by atoms with van der Waals surface area (Å²) in [5.41, 5.74) is -0.900. The van der Waals surface area contributed by atoms with Gasteiger partial charge in [0.05, 0.1) is 0 Å². The van der Waals surface area contributed by atoms with Crippen molar-refractivity contribution in [1.29, 1.82) is 0 Å². The summed E-state index contributed by atoms with van der Waals surface area (Å²) in [7, 11) is 0. The molecule has 0 bridgehead atoms. The van der Waals surface area contributed by atoms with Crippen LogP contribution in [0, 0.1) is 5.82 Å². The molecule has 1 amide bonds. The number of hydrogen-bond donors (Lipinski definition) is 2. The van der Waals surface area contributed by atoms with Gasteiger partial charge < -0.3 is 10.4 Å². The number of amides is 1. The Balaban J connectivity index is 2.16. The van der Waals surface area contributed by atoms with Gasteiger partial charge in [-0.3, -0.25) is 4.79 Å². The number of halogens is 1. The summed E-state index contributed by atoms with van der Waals surface area (Å²) in [5.74, 6) is -2.30. The largest absolute Gasteiger partial charge is 0.479 e. The Morgan fingerprint density at radius 2 is 1.27 bits per heavy atom. The molecule has 0 radical (unpaired) electrons. The molecule has 0 aromatic heterocycles. The Morgan fingerprint density at radius 1 is 0.769 bits per heavy atom. The van der Waals surface area contributed by atoms with E-state index in [1.165, 1.54) is 24.3 Å². The minimum absolute atomic E-state index is 0.252. The number of carboxylic acids is 1. The normalized spacial score (nSPS) is 12.8. The Bertz CT molecular complexity index is 911. The zero-order valence-electron chi connectivity index (χ0n) is 13.7. The fraction of sp³-hybridized carbons (Fsp3) is 0.0476. The lowest BCUT2D eigenvalue weighted by Gasteiger charge is -2.31. The molecule has 1 unspecified atom stereocenters. The van der Waals surface area contributed by atoms with E-state index in [0.717, 1.165) is 0 Å². The van der Waals surface area contributed by atoms with Gasteiger partial charge in [0.1, 0.15) is 5.82 Å². The topological polar surface area (TPSA) is 66.4 Å². The minimum Gasteiger partial charge on any atom is -0.479 e. The number of aliphatic carboxylic acids is 1. The highest BCUT2D eigenvalue weighted by molar-refractivity contribution is 5.99. The molecular weight excluding hydrogens is 333 g/mol. The van der Waals surface area contributed by atoms with E-state index >= 15 is 0 Å². The fourth-order valence-electron chi connectivity index (χ4n) is 2.83. The zero-order chi connectivity index (χ0) is 18.6. The molecule has 0 saturated carbocycles. The number of nitrogens with one attached hydrogen (secondary N) is 1. The predicted octanol–water partition coefficient (Wildman–Crippen LogP) is 3.58. The van der Waals surface area contributed by atoms with Gasteiger partial charge in [-0.25, -0.2) is 9.18 Å². The van der Waals surface area contributed by atoms with Crippen molar-refractivity contribution in [2.75, 3.05) is 0 Å². The summed E-state index contributed by atoms with van der Waals surface area (Å²) in [6.45, 7) is 0. The molecule has 0 aliphatic carbocycles. The van der Waals surface area contributed by atoms with Crippen molar-refractivity contribution in [2.24, 2.45) is 0 Å². The first-order chi connectivity index (χ1) is 12.5. The molecule has 2 N–H and O–H groups in total. The summed E-state index contributed by atoms with van der Waals surface area (Å²) < 4.78 is 13.4. The van der Waals surface area contributed by atoms with E-state index in [0.29, 0.717) is 11.1 Å². The highest BCUT2D eigenvalue weighted by Gasteiger charge is 2.44. The SMILES string of the molecule is O=C(NC(C(=O)O)(c1ccccc1)c1ccc(F)cc1)c1ccccc1. The Labute approximate surface area is 149 Å². The highest BCUT2D eigenvalue weighted by atomic mass is 19.1. The van der Waals surface area contributed by atoms with Crippen LogP contribution in [-0.4, -0.2) is 17.0 Å². The molecule has 0 saturated heterocycles. The van der Waals surface area contributed by atoms with Gasteiger partial charge in [0, 0.05) is 5.56 Å². The molecule has 0 fully saturated rings. The molecule has 1 atom stereocenters. The molecule has 4 nitrogen and oxygen atoms in total. The first kappa shape index (κ1) is 17.4. The summed E-state index contributed by atoms with van der Waals surface area (Å²) >= 11 is 0. The lowest BCUT2D eigenvalue weighted by atomic mass is 9.82. The van der Waals surface area contributed by atoms with Gasteiger partial charge in [-0.15, -0.1) is 0 Å². The van der Waals surface area contributed by atoms with Crippen LogP contribution < -0.4 is 5.32 Å². The van der Waals surface area contributed by atoms with Crippen LogP contribution in [0.25, 0.3) is 0 Å². The number of carbonyl (C=O) groups excluding carboxylic acids is 1. The second-order valence-electron chi connectivity index (χ2n) is 5.75. The van der Waals surface area contributed by atoms with Crippen LogP contribution in [0.5, 0.6) is 0 Å². The van der Waals surface area contributed by atoms with Crippen molar-refractivity contribution in [3.05, 3.63) is 107 Å². The van der Waals surface area contributed by atoms with Crippen LogP contribution >= 0.6 is 0 Å². The third-order valence-electron chi connectivity index (χ3n) is 4.14. The fourth-order valence-corrected chi connectivity index (χ4v) is 2.83. The highest BCUT2D eigenvalue weighted by Crippen LogP contribution is 2.31. The van der Waals surface area contributed by atoms with Crippen LogP contribution in [0.3, 0.4) is 0 Å². The number of carbonyl (C=O) groups is 2. The van der Waals surface area contributed by atoms with Crippen molar-refractivity contribution in [3.63, 3.8) is 0 Å². The molecule has 5 heteroatoms. The molecule has 0 heterocycles. The van der Waals surface area contributed by atoms with Crippen molar-refractivity contribution >= 4 is 11.9 Å². The second kappa shape index (κ2) is 7.19. The van der Waals surface area contributed by atoms with Gasteiger partial charge in [-0.1, -0.05) is 60.7 Å². The quantitative estimate of drug-likeness (QED) is 0.740. The van der Waals surface area contributed by atoms with E-state index in [1.807, 2.05) is 0 Å². The van der Waals surface area contributed by atoms with Crippen molar-refractivity contribution in [1.82, 2.24) is 5.32 Å². The van der Waals surface area contributed by atoms with Gasteiger partial charge >= 0.3 is 5.97 Å². The lowest BCUT2D eigenvalue weighted by molar-refractivity contribution is -0.143. The van der Waals surface area contributed by atoms with Gasteiger partial charge in [0.25, 0.3) is 5.91 Å². The van der Waals surface area contributed by atoms with E-state index in [-0.39, 0.29) is 5.56 Å². The van der Waals surface area contributed by atoms with Crippen LogP contribution in [0.1, 0.15) is 21.5 Å². The van der Waals surface area contributed by atoms with Gasteiger partial charge in [0.2, 0.25) is 0 Å². The Hall–Kier alpha value is -3.47. The Morgan fingerprint density at radius 3 is 1.81 bits per heavy atom. The van der Waals surface area contributed by atoms with E-state index in [1.54, 1.807) is 60.7 Å². The molecule has 0 aliphatic rings. The van der Waals surface area contributed by atoms with Gasteiger partial charge in [-0.2, -0.15) is 0 Å². The minimum atomic E-state index is -1.85. The molecule has 26 heavy (non-hydrogen) atoms. The van der Waals surface area contributed by atoms with Crippen LogP contribution in [0.15, 0.2) is 84.9 Å². The van der Waals surface area contributed by atoms with Crippen molar-refractivity contribution in [2.45, 2.75) is 5.54 Å². The summed E-state index contributed by atoms with van der Waals surface area (Å²) in [4.78, 5) is 25.1. The zero-order valence-corrected chi connectivity index (χ0v) is 13.7. The summed E-state index contributed by atoms with van der Waals surface area (Å²) in [5, 5.41) is 12.7. The van der Waals surface area contributed by atoms with E-state index < -0.39 is 23.2 Å². The van der Waals surface area contributed by atoms with Crippen molar-refractivity contribution < 1.29 is 19.1 Å². The molecule has 0 aliphatic heterocycles. The van der Waals surface area contributed by atoms with Gasteiger partial charge in [0.15, 0.2) is 5.54 Å². The third kappa shape index (κ3) is 3.19. The first-order valence-corrected chi connectivity index (χ1v) is 7.96. The maximum absolute atomic E-state index is 13.4. The van der Waals surface area contributed by atoms with E-state index in [9.17, 15) is 19.1 Å². The molecule has 130 valence electrons. The maximum Gasteiger partial charge on any atom is 0.338 e. The summed E-state index contributed by atoms with van der Waals surface area (Å²) in [6.07, 6.45) is 0. The number of hydrogen-bond acceptors (Lipinski definition) is 2. The molecule has 3 rings (SSSR count). The van der Waals surface area contributed by atoms with E-state index in [4.69, 9.17) is 0 Å². The lowest BCUT2D eigenvalue weighted by Crippen LogP contribution is -2.52. The average Bonchev–Trinajstić information content (AvgIpc) is 2.68. The van der Waals surface area contributed by atoms with E-state index in [2.05, 4.69) is 5.32 Å². The Kier molecular flexibility index (Phi) is 4.80. The number of benzene rings is 3.